The van der Waals surface area contributed by atoms with Crippen LogP contribution in [0.15, 0.2) is 67.4 Å². The lowest BCUT2D eigenvalue weighted by Crippen LogP contribution is -2.28. The number of aromatic nitrogens is 6. The minimum atomic E-state index is -0.428. The number of hydrogen-bond acceptors (Lipinski definition) is 8. The van der Waals surface area contributed by atoms with Gasteiger partial charge >= 0.3 is 0 Å². The monoisotopic (exact) mass is 493 g/mol. The number of nitrogens with one attached hydrogen (secondary N) is 3. The second-order valence-corrected chi connectivity index (χ2v) is 8.25. The molecule has 5 rings (SSSR count). The fraction of sp³-hybridized carbons (Fsp3) is 0.115. The zero-order chi connectivity index (χ0) is 25.8. The Balaban J connectivity index is 1.30. The molecular formula is C26H20FN9O. The van der Waals surface area contributed by atoms with Gasteiger partial charge in [-0.05, 0) is 36.8 Å². The van der Waals surface area contributed by atoms with E-state index in [1.807, 2.05) is 12.1 Å². The van der Waals surface area contributed by atoms with Crippen LogP contribution in [0.1, 0.15) is 40.3 Å². The van der Waals surface area contributed by atoms with E-state index >= 15 is 0 Å². The molecule has 10 nitrogen and oxygen atoms in total. The zero-order valence-electron chi connectivity index (χ0n) is 19.6. The number of carbonyl (C=O) groups is 1. The summed E-state index contributed by atoms with van der Waals surface area (Å²) < 4.78 is 13.2. The van der Waals surface area contributed by atoms with Crippen molar-refractivity contribution in [2.45, 2.75) is 19.5 Å². The predicted octanol–water partition coefficient (Wildman–Crippen LogP) is 3.92. The number of carbonyl (C=O) groups excluding carboxylic acids is 1. The van der Waals surface area contributed by atoms with E-state index in [9.17, 15) is 14.4 Å². The van der Waals surface area contributed by atoms with Crippen LogP contribution in [0.4, 0.5) is 10.2 Å². The molecule has 1 atom stereocenters. The Morgan fingerprint density at radius 1 is 1.03 bits per heavy atom. The van der Waals surface area contributed by atoms with Gasteiger partial charge in [0.25, 0.3) is 5.91 Å². The average molecular weight is 494 g/mol. The van der Waals surface area contributed by atoms with Crippen molar-refractivity contribution in [1.82, 2.24) is 35.5 Å². The quantitative estimate of drug-likeness (QED) is 0.309. The summed E-state index contributed by atoms with van der Waals surface area (Å²) in [7, 11) is 0. The smallest absolute Gasteiger partial charge is 0.255 e. The van der Waals surface area contributed by atoms with Crippen LogP contribution in [0.5, 0.6) is 0 Å². The van der Waals surface area contributed by atoms with E-state index in [1.165, 1.54) is 24.4 Å². The standard InChI is InChI=1S/C26H20FN9O/c1-15(17-2-4-21(27)5-3-17)35-26(37)22-6-16(8-28)9-31-25(22)33-14-23-29-11-20(12-30-23)18-7-19-13-34-36-24(19)32-10-18/h2-7,9-13,15H,14H2,1H3,(H,31,33)(H,35,37)(H,32,34,36). The van der Waals surface area contributed by atoms with Gasteiger partial charge in [-0.25, -0.2) is 24.3 Å². The molecule has 0 bridgehead atoms. The number of H-pyrrole nitrogens is 1. The highest BCUT2D eigenvalue weighted by Gasteiger charge is 2.17. The lowest BCUT2D eigenvalue weighted by Gasteiger charge is -2.16. The Labute approximate surface area is 210 Å². The minimum Gasteiger partial charge on any atom is -0.362 e. The summed E-state index contributed by atoms with van der Waals surface area (Å²) in [6.07, 6.45) is 8.18. The molecule has 11 heteroatoms. The molecule has 5 aromatic rings. The number of amides is 1. The maximum atomic E-state index is 13.2. The summed E-state index contributed by atoms with van der Waals surface area (Å²) in [6, 6.07) is 10.9. The molecule has 37 heavy (non-hydrogen) atoms. The molecule has 3 N–H and O–H groups in total. The number of nitriles is 1. The van der Waals surface area contributed by atoms with Gasteiger partial charge in [-0.15, -0.1) is 0 Å². The van der Waals surface area contributed by atoms with Crippen LogP contribution in [0.2, 0.25) is 0 Å². The van der Waals surface area contributed by atoms with Crippen molar-refractivity contribution >= 4 is 22.8 Å². The van der Waals surface area contributed by atoms with E-state index in [0.717, 1.165) is 22.1 Å². The van der Waals surface area contributed by atoms with E-state index in [4.69, 9.17) is 0 Å². The molecule has 0 saturated heterocycles. The largest absolute Gasteiger partial charge is 0.362 e. The van der Waals surface area contributed by atoms with Gasteiger partial charge in [0.15, 0.2) is 5.65 Å². The van der Waals surface area contributed by atoms with Gasteiger partial charge in [0.1, 0.15) is 23.5 Å². The molecule has 0 aliphatic carbocycles. The van der Waals surface area contributed by atoms with Crippen molar-refractivity contribution in [3.05, 3.63) is 95.7 Å². The van der Waals surface area contributed by atoms with Crippen LogP contribution in [0.3, 0.4) is 0 Å². The van der Waals surface area contributed by atoms with Crippen LogP contribution in [0.25, 0.3) is 22.2 Å². The molecule has 4 heterocycles. The molecule has 0 aliphatic heterocycles. The Morgan fingerprint density at radius 2 is 1.78 bits per heavy atom. The van der Waals surface area contributed by atoms with Crippen molar-refractivity contribution in [3.63, 3.8) is 0 Å². The predicted molar refractivity (Wildman–Crippen MR) is 133 cm³/mol. The van der Waals surface area contributed by atoms with Gasteiger partial charge in [0.05, 0.1) is 29.9 Å². The van der Waals surface area contributed by atoms with Crippen molar-refractivity contribution in [2.75, 3.05) is 5.32 Å². The highest BCUT2D eigenvalue weighted by molar-refractivity contribution is 5.99. The van der Waals surface area contributed by atoms with Gasteiger partial charge < -0.3 is 10.6 Å². The topological polar surface area (TPSA) is 145 Å². The average Bonchev–Trinajstić information content (AvgIpc) is 3.40. The van der Waals surface area contributed by atoms with Crippen LogP contribution >= 0.6 is 0 Å². The Hall–Kier alpha value is -5.24. The number of anilines is 1. The van der Waals surface area contributed by atoms with E-state index in [-0.39, 0.29) is 29.3 Å². The fourth-order valence-corrected chi connectivity index (χ4v) is 3.70. The number of nitrogens with zero attached hydrogens (tertiary/aromatic N) is 6. The first kappa shape index (κ1) is 23.5. The summed E-state index contributed by atoms with van der Waals surface area (Å²) in [5.41, 5.74) is 3.54. The third-order valence-corrected chi connectivity index (χ3v) is 5.72. The first-order valence-electron chi connectivity index (χ1n) is 11.3. The Morgan fingerprint density at radius 3 is 2.54 bits per heavy atom. The van der Waals surface area contributed by atoms with Gasteiger partial charge in [-0.3, -0.25) is 9.89 Å². The fourth-order valence-electron chi connectivity index (χ4n) is 3.70. The van der Waals surface area contributed by atoms with Crippen LogP contribution in [0, 0.1) is 17.1 Å². The Kier molecular flexibility index (Phi) is 6.46. The van der Waals surface area contributed by atoms with Crippen molar-refractivity contribution in [1.29, 1.82) is 5.26 Å². The van der Waals surface area contributed by atoms with Crippen molar-refractivity contribution in [2.24, 2.45) is 0 Å². The summed E-state index contributed by atoms with van der Waals surface area (Å²) in [5.74, 6) is -0.0173. The molecule has 1 aromatic carbocycles. The molecule has 4 aromatic heterocycles. The maximum absolute atomic E-state index is 13.2. The van der Waals surface area contributed by atoms with Crippen LogP contribution < -0.4 is 10.6 Å². The van der Waals surface area contributed by atoms with Gasteiger partial charge in [-0.2, -0.15) is 10.4 Å². The number of pyridine rings is 2. The van der Waals surface area contributed by atoms with E-state index < -0.39 is 11.9 Å². The molecule has 182 valence electrons. The molecule has 0 aliphatic rings. The van der Waals surface area contributed by atoms with E-state index in [1.54, 1.807) is 43.8 Å². The third-order valence-electron chi connectivity index (χ3n) is 5.72. The number of hydrogen-bond donors (Lipinski definition) is 3. The molecule has 1 unspecified atom stereocenters. The molecule has 0 saturated carbocycles. The normalized spacial score (nSPS) is 11.6. The van der Waals surface area contributed by atoms with E-state index in [2.05, 4.69) is 40.8 Å². The molecule has 0 spiro atoms. The summed E-state index contributed by atoms with van der Waals surface area (Å²) in [4.78, 5) is 30.4. The number of halogens is 1. The lowest BCUT2D eigenvalue weighted by atomic mass is 10.1. The number of rotatable bonds is 7. The van der Waals surface area contributed by atoms with Gasteiger partial charge in [-0.1, -0.05) is 12.1 Å². The molecule has 0 fully saturated rings. The number of aromatic amines is 1. The molecule has 0 radical (unpaired) electrons. The number of benzene rings is 1. The van der Waals surface area contributed by atoms with Crippen molar-refractivity contribution < 1.29 is 9.18 Å². The Bertz CT molecular complexity index is 1610. The SMILES string of the molecule is CC(NC(=O)c1cc(C#N)cnc1NCc1ncc(-c2cnc3[nH]ncc3c2)cn1)c1ccc(F)cc1. The van der Waals surface area contributed by atoms with Gasteiger partial charge in [0.2, 0.25) is 0 Å². The second-order valence-electron chi connectivity index (χ2n) is 8.25. The first-order valence-corrected chi connectivity index (χ1v) is 11.3. The van der Waals surface area contributed by atoms with Crippen molar-refractivity contribution in [3.8, 4) is 17.2 Å². The van der Waals surface area contributed by atoms with Crippen LogP contribution in [-0.2, 0) is 6.54 Å². The third kappa shape index (κ3) is 5.23. The highest BCUT2D eigenvalue weighted by Crippen LogP contribution is 2.21. The second kappa shape index (κ2) is 10.2. The highest BCUT2D eigenvalue weighted by atomic mass is 19.1. The summed E-state index contributed by atoms with van der Waals surface area (Å²) >= 11 is 0. The zero-order valence-corrected chi connectivity index (χ0v) is 19.6. The summed E-state index contributed by atoms with van der Waals surface area (Å²) in [6.45, 7) is 1.99. The van der Waals surface area contributed by atoms with E-state index in [0.29, 0.717) is 11.5 Å². The lowest BCUT2D eigenvalue weighted by molar-refractivity contribution is 0.0940. The minimum absolute atomic E-state index is 0.198. The first-order chi connectivity index (χ1) is 18.0. The molecular weight excluding hydrogens is 473 g/mol. The number of fused-ring (bicyclic) bond motifs is 1. The molecule has 1 amide bonds. The summed E-state index contributed by atoms with van der Waals surface area (Å²) in [5, 5.41) is 22.9. The van der Waals surface area contributed by atoms with Crippen LogP contribution in [-0.4, -0.2) is 36.0 Å². The van der Waals surface area contributed by atoms with Gasteiger partial charge in [0, 0.05) is 41.3 Å². The maximum Gasteiger partial charge on any atom is 0.255 e.